The highest BCUT2D eigenvalue weighted by Gasteiger charge is 2.60. The second kappa shape index (κ2) is 8.01. The zero-order valence-electron chi connectivity index (χ0n) is 16.8. The predicted molar refractivity (Wildman–Crippen MR) is 118 cm³/mol. The summed E-state index contributed by atoms with van der Waals surface area (Å²) in [6, 6.07) is 9.40. The molecule has 1 heterocycles. The number of allylic oxidation sites excluding steroid dienone is 2. The molecule has 2 aromatic carbocycles. The van der Waals surface area contributed by atoms with Crippen LogP contribution in [0.15, 0.2) is 54.6 Å². The number of likely N-dealkylation sites (tertiary alicyclic amines) is 1. The van der Waals surface area contributed by atoms with Crippen molar-refractivity contribution in [1.29, 1.82) is 0 Å². The Morgan fingerprint density at radius 3 is 2.38 bits per heavy atom. The molecule has 1 N–H and O–H groups in total. The molecule has 2 bridgehead atoms. The summed E-state index contributed by atoms with van der Waals surface area (Å²) in [6.07, 6.45) is 4.60. The summed E-state index contributed by atoms with van der Waals surface area (Å²) in [5.41, 5.74) is 0.751. The molecule has 164 valence electrons. The van der Waals surface area contributed by atoms with E-state index < -0.39 is 29.6 Å². The fourth-order valence-corrected chi connectivity index (χ4v) is 5.73. The van der Waals surface area contributed by atoms with Crippen molar-refractivity contribution in [3.63, 3.8) is 0 Å². The minimum absolute atomic E-state index is 0.0429. The van der Waals surface area contributed by atoms with Crippen molar-refractivity contribution >= 4 is 46.6 Å². The van der Waals surface area contributed by atoms with Crippen LogP contribution in [0.1, 0.15) is 24.4 Å². The number of carbonyl (C=O) groups excluding carboxylic acids is 3. The average Bonchev–Trinajstić information content (AvgIpc) is 3.43. The molecular formula is C24H19Cl2FN2O3. The van der Waals surface area contributed by atoms with Gasteiger partial charge >= 0.3 is 0 Å². The van der Waals surface area contributed by atoms with E-state index >= 15 is 0 Å². The molecule has 0 radical (unpaired) electrons. The molecule has 2 aromatic rings. The van der Waals surface area contributed by atoms with E-state index in [2.05, 4.69) is 5.32 Å². The largest absolute Gasteiger partial charge is 0.325 e. The number of rotatable bonds is 5. The molecule has 5 atom stereocenters. The van der Waals surface area contributed by atoms with E-state index in [0.717, 1.165) is 6.42 Å². The predicted octanol–water partition coefficient (Wildman–Crippen LogP) is 5.01. The number of carbonyl (C=O) groups is 3. The molecular weight excluding hydrogens is 454 g/mol. The Kier molecular flexibility index (Phi) is 5.30. The van der Waals surface area contributed by atoms with Crippen LogP contribution in [0.3, 0.4) is 0 Å². The Morgan fingerprint density at radius 2 is 1.75 bits per heavy atom. The van der Waals surface area contributed by atoms with Gasteiger partial charge in [0.25, 0.3) is 0 Å². The zero-order chi connectivity index (χ0) is 22.6. The molecule has 3 amide bonds. The number of anilines is 1. The van der Waals surface area contributed by atoms with E-state index in [-0.39, 0.29) is 35.1 Å². The summed E-state index contributed by atoms with van der Waals surface area (Å²) in [6.45, 7) is 0. The second-order valence-electron chi connectivity index (χ2n) is 8.49. The molecule has 2 fully saturated rings. The lowest BCUT2D eigenvalue weighted by molar-refractivity contribution is -0.144. The number of imide groups is 1. The quantitative estimate of drug-likeness (QED) is 0.491. The molecule has 1 aliphatic heterocycles. The molecule has 8 heteroatoms. The Bertz CT molecular complexity index is 1140. The maximum absolute atomic E-state index is 14.0. The summed E-state index contributed by atoms with van der Waals surface area (Å²) in [5.74, 6) is -2.25. The van der Waals surface area contributed by atoms with Gasteiger partial charge in [-0.3, -0.25) is 19.3 Å². The summed E-state index contributed by atoms with van der Waals surface area (Å²) in [4.78, 5) is 40.8. The molecule has 0 spiro atoms. The van der Waals surface area contributed by atoms with E-state index in [9.17, 15) is 18.8 Å². The van der Waals surface area contributed by atoms with Crippen LogP contribution in [0, 0.1) is 29.5 Å². The summed E-state index contributed by atoms with van der Waals surface area (Å²) >= 11 is 12.1. The minimum Gasteiger partial charge on any atom is -0.325 e. The van der Waals surface area contributed by atoms with Crippen LogP contribution in [0.2, 0.25) is 10.0 Å². The van der Waals surface area contributed by atoms with Gasteiger partial charge in [0.2, 0.25) is 17.7 Å². The van der Waals surface area contributed by atoms with Crippen LogP contribution < -0.4 is 5.32 Å². The summed E-state index contributed by atoms with van der Waals surface area (Å²) in [7, 11) is 0. The number of benzene rings is 2. The molecule has 1 saturated heterocycles. The summed E-state index contributed by atoms with van der Waals surface area (Å²) < 4.78 is 14.0. The van der Waals surface area contributed by atoms with Crippen LogP contribution in [0.4, 0.5) is 10.1 Å². The van der Waals surface area contributed by atoms with Gasteiger partial charge < -0.3 is 5.32 Å². The Balaban J connectivity index is 1.45. The second-order valence-corrected chi connectivity index (χ2v) is 9.34. The van der Waals surface area contributed by atoms with E-state index in [0.29, 0.717) is 16.3 Å². The Morgan fingerprint density at radius 1 is 1.06 bits per heavy atom. The van der Waals surface area contributed by atoms with Crippen LogP contribution in [-0.4, -0.2) is 22.6 Å². The molecule has 2 aliphatic carbocycles. The van der Waals surface area contributed by atoms with Gasteiger partial charge in [-0.2, -0.15) is 0 Å². The normalized spacial score (nSPS) is 26.5. The lowest BCUT2D eigenvalue weighted by atomic mass is 9.85. The Hall–Kier alpha value is -2.70. The highest BCUT2D eigenvalue weighted by Crippen LogP contribution is 2.54. The smallest absolute Gasteiger partial charge is 0.234 e. The molecule has 5 rings (SSSR count). The third kappa shape index (κ3) is 3.51. The van der Waals surface area contributed by atoms with E-state index in [1.54, 1.807) is 18.2 Å². The van der Waals surface area contributed by atoms with Gasteiger partial charge in [0, 0.05) is 5.02 Å². The first-order chi connectivity index (χ1) is 15.3. The standard InChI is InChI=1S/C24H19Cl2FN2O3/c25-15-6-7-18(17(26)10-15)28-20(30)11-19(12-2-1-3-16(27)9-12)29-23(31)21-13-4-5-14(8-13)22(21)24(29)32/h1-7,9-10,13-14,19,21-22H,8,11H2,(H,28,30). The third-order valence-corrected chi connectivity index (χ3v) is 7.18. The average molecular weight is 473 g/mol. The molecule has 1 saturated carbocycles. The first kappa shape index (κ1) is 21.2. The van der Waals surface area contributed by atoms with Crippen LogP contribution >= 0.6 is 23.2 Å². The number of nitrogens with one attached hydrogen (secondary N) is 1. The van der Waals surface area contributed by atoms with Crippen molar-refractivity contribution in [2.45, 2.75) is 18.9 Å². The molecule has 5 unspecified atom stereocenters. The van der Waals surface area contributed by atoms with E-state index in [4.69, 9.17) is 23.2 Å². The van der Waals surface area contributed by atoms with Crippen molar-refractivity contribution in [3.8, 4) is 0 Å². The molecule has 5 nitrogen and oxygen atoms in total. The minimum atomic E-state index is -0.915. The van der Waals surface area contributed by atoms with Crippen molar-refractivity contribution < 1.29 is 18.8 Å². The van der Waals surface area contributed by atoms with E-state index in [1.807, 2.05) is 12.2 Å². The first-order valence-corrected chi connectivity index (χ1v) is 11.1. The summed E-state index contributed by atoms with van der Waals surface area (Å²) in [5, 5.41) is 3.39. The van der Waals surface area contributed by atoms with Crippen LogP contribution in [0.25, 0.3) is 0 Å². The number of nitrogens with zero attached hydrogens (tertiary/aromatic N) is 1. The highest BCUT2D eigenvalue weighted by atomic mass is 35.5. The van der Waals surface area contributed by atoms with Crippen molar-refractivity contribution in [2.24, 2.45) is 23.7 Å². The van der Waals surface area contributed by atoms with Gasteiger partial charge in [-0.25, -0.2) is 4.39 Å². The molecule has 0 aromatic heterocycles. The fourth-order valence-electron chi connectivity index (χ4n) is 5.27. The van der Waals surface area contributed by atoms with Gasteiger partial charge in [0.15, 0.2) is 0 Å². The van der Waals surface area contributed by atoms with Gasteiger partial charge in [-0.15, -0.1) is 0 Å². The molecule has 3 aliphatic rings. The van der Waals surface area contributed by atoms with E-state index in [1.165, 1.54) is 29.2 Å². The maximum Gasteiger partial charge on any atom is 0.234 e. The number of hydrogen-bond donors (Lipinski definition) is 1. The molecule has 32 heavy (non-hydrogen) atoms. The van der Waals surface area contributed by atoms with Crippen molar-refractivity contribution in [1.82, 2.24) is 4.90 Å². The number of hydrogen-bond acceptors (Lipinski definition) is 3. The van der Waals surface area contributed by atoms with Crippen LogP contribution in [-0.2, 0) is 14.4 Å². The fraction of sp³-hybridized carbons (Fsp3) is 0.292. The third-order valence-electron chi connectivity index (χ3n) is 6.63. The van der Waals surface area contributed by atoms with Gasteiger partial charge in [-0.1, -0.05) is 47.5 Å². The lowest BCUT2D eigenvalue weighted by Gasteiger charge is -2.28. The number of halogens is 3. The van der Waals surface area contributed by atoms with Gasteiger partial charge in [0.1, 0.15) is 5.82 Å². The topological polar surface area (TPSA) is 66.5 Å². The lowest BCUT2D eigenvalue weighted by Crippen LogP contribution is -2.38. The SMILES string of the molecule is O=C(CC(c1cccc(F)c1)N1C(=O)C2C3C=CC(C3)C2C1=O)Nc1ccc(Cl)cc1Cl. The van der Waals surface area contributed by atoms with Gasteiger partial charge in [0.05, 0.1) is 35.0 Å². The highest BCUT2D eigenvalue weighted by molar-refractivity contribution is 6.36. The van der Waals surface area contributed by atoms with Crippen LogP contribution in [0.5, 0.6) is 0 Å². The number of fused-ring (bicyclic) bond motifs is 5. The monoisotopic (exact) mass is 472 g/mol. The van der Waals surface area contributed by atoms with Crippen molar-refractivity contribution in [3.05, 3.63) is 76.0 Å². The maximum atomic E-state index is 14.0. The number of amides is 3. The Labute approximate surface area is 194 Å². The van der Waals surface area contributed by atoms with Gasteiger partial charge in [-0.05, 0) is 54.2 Å². The zero-order valence-corrected chi connectivity index (χ0v) is 18.3. The first-order valence-electron chi connectivity index (χ1n) is 10.4. The van der Waals surface area contributed by atoms with Crippen molar-refractivity contribution in [2.75, 3.05) is 5.32 Å².